The molecule has 0 aromatic heterocycles. The Morgan fingerprint density at radius 1 is 0.841 bits per heavy atom. The molecule has 2 saturated carbocycles. The summed E-state index contributed by atoms with van der Waals surface area (Å²) >= 11 is 0. The zero-order valence-corrected chi connectivity index (χ0v) is 27.6. The Hall–Kier alpha value is -3.01. The van der Waals surface area contributed by atoms with Gasteiger partial charge >= 0.3 is 18.3 Å². The van der Waals surface area contributed by atoms with E-state index < -0.39 is 22.8 Å². The molecule has 2 aliphatic heterocycles. The number of fused-ring (bicyclic) bond motifs is 2. The van der Waals surface area contributed by atoms with Crippen molar-refractivity contribution < 1.29 is 28.6 Å². The summed E-state index contributed by atoms with van der Waals surface area (Å²) in [5.41, 5.74) is -0.467. The van der Waals surface area contributed by atoms with Crippen molar-refractivity contribution in [3.05, 3.63) is 35.9 Å². The van der Waals surface area contributed by atoms with Crippen LogP contribution in [-0.2, 0) is 20.8 Å². The van der Waals surface area contributed by atoms with Crippen molar-refractivity contribution in [2.75, 3.05) is 26.2 Å². The molecule has 2 heterocycles. The third kappa shape index (κ3) is 9.25. The number of nitrogens with zero attached hydrogens (tertiary/aromatic N) is 1. The summed E-state index contributed by atoms with van der Waals surface area (Å²) in [4.78, 5) is 38.6. The molecule has 246 valence electrons. The van der Waals surface area contributed by atoms with Gasteiger partial charge in [0.15, 0.2) is 0 Å². The van der Waals surface area contributed by atoms with E-state index in [1.165, 1.54) is 19.3 Å². The van der Waals surface area contributed by atoms with Crippen LogP contribution in [0.1, 0.15) is 98.5 Å². The van der Waals surface area contributed by atoms with Crippen LogP contribution in [0.15, 0.2) is 30.3 Å². The molecule has 2 aliphatic carbocycles. The summed E-state index contributed by atoms with van der Waals surface area (Å²) in [6.07, 6.45) is 7.79. The second-order valence-electron chi connectivity index (χ2n) is 15.0. The maximum atomic E-state index is 12.6. The van der Waals surface area contributed by atoms with Gasteiger partial charge in [0.05, 0.1) is 11.1 Å². The second kappa shape index (κ2) is 14.0. The van der Waals surface area contributed by atoms with Crippen molar-refractivity contribution in [2.24, 2.45) is 11.8 Å². The maximum absolute atomic E-state index is 12.6. The fourth-order valence-corrected chi connectivity index (χ4v) is 7.14. The predicted octanol–water partition coefficient (Wildman–Crippen LogP) is 6.14. The Morgan fingerprint density at radius 3 is 2.02 bits per heavy atom. The van der Waals surface area contributed by atoms with E-state index in [9.17, 15) is 14.4 Å². The first kappa shape index (κ1) is 33.9. The SMILES string of the molecule is CC(C)(C)OC(=O)NC12CCCCC1CN(C(=O)OCc1ccccc1)C2.CC(C)(C)OC(=O)NC12CCCCC1CNC2. The third-order valence-corrected chi connectivity index (χ3v) is 9.12. The normalized spacial score (nSPS) is 28.0. The molecule has 4 fully saturated rings. The van der Waals surface area contributed by atoms with Gasteiger partial charge in [0.25, 0.3) is 0 Å². The Labute approximate surface area is 263 Å². The Morgan fingerprint density at radius 2 is 1.41 bits per heavy atom. The van der Waals surface area contributed by atoms with E-state index in [1.807, 2.05) is 71.9 Å². The molecule has 4 aliphatic rings. The molecular formula is C34H54N4O6. The van der Waals surface area contributed by atoms with Gasteiger partial charge in [-0.15, -0.1) is 0 Å². The lowest BCUT2D eigenvalue weighted by molar-refractivity contribution is 0.0388. The van der Waals surface area contributed by atoms with Crippen molar-refractivity contribution in [2.45, 2.75) is 122 Å². The minimum absolute atomic E-state index is 0.0550. The Bertz CT molecular complexity index is 1130. The summed E-state index contributed by atoms with van der Waals surface area (Å²) in [6, 6.07) is 9.65. The highest BCUT2D eigenvalue weighted by atomic mass is 16.6. The Balaban J connectivity index is 0.000000223. The Kier molecular flexibility index (Phi) is 10.7. The number of benzene rings is 1. The van der Waals surface area contributed by atoms with Crippen LogP contribution >= 0.6 is 0 Å². The average molecular weight is 615 g/mol. The molecule has 1 aromatic rings. The van der Waals surface area contributed by atoms with Crippen molar-refractivity contribution in [3.8, 4) is 0 Å². The molecule has 44 heavy (non-hydrogen) atoms. The van der Waals surface area contributed by atoms with Crippen molar-refractivity contribution >= 4 is 18.3 Å². The van der Waals surface area contributed by atoms with Gasteiger partial charge in [-0.05, 0) is 78.7 Å². The number of carbonyl (C=O) groups is 3. The van der Waals surface area contributed by atoms with Gasteiger partial charge in [-0.1, -0.05) is 56.0 Å². The lowest BCUT2D eigenvalue weighted by atomic mass is 9.75. The third-order valence-electron chi connectivity index (χ3n) is 9.12. The van der Waals surface area contributed by atoms with Gasteiger partial charge in [0.2, 0.25) is 0 Å². The topological polar surface area (TPSA) is 118 Å². The van der Waals surface area contributed by atoms with Crippen LogP contribution in [0, 0.1) is 11.8 Å². The van der Waals surface area contributed by atoms with E-state index in [-0.39, 0.29) is 30.3 Å². The quantitative estimate of drug-likeness (QED) is 0.349. The molecule has 0 bridgehead atoms. The van der Waals surface area contributed by atoms with Crippen LogP contribution in [0.5, 0.6) is 0 Å². The van der Waals surface area contributed by atoms with E-state index in [1.54, 1.807) is 4.90 Å². The van der Waals surface area contributed by atoms with Crippen molar-refractivity contribution in [1.82, 2.24) is 20.9 Å². The molecule has 1 aromatic carbocycles. The first-order chi connectivity index (χ1) is 20.7. The molecule has 0 spiro atoms. The van der Waals surface area contributed by atoms with Gasteiger partial charge in [0, 0.05) is 32.1 Å². The molecule has 5 rings (SSSR count). The number of rotatable bonds is 4. The van der Waals surface area contributed by atoms with Gasteiger partial charge in [-0.25, -0.2) is 14.4 Å². The zero-order valence-electron chi connectivity index (χ0n) is 27.6. The van der Waals surface area contributed by atoms with Crippen molar-refractivity contribution in [3.63, 3.8) is 0 Å². The lowest BCUT2D eigenvalue weighted by Gasteiger charge is -2.39. The second-order valence-corrected chi connectivity index (χ2v) is 15.0. The predicted molar refractivity (Wildman–Crippen MR) is 169 cm³/mol. The highest BCUT2D eigenvalue weighted by Crippen LogP contribution is 2.40. The molecule has 0 radical (unpaired) electrons. The summed E-state index contributed by atoms with van der Waals surface area (Å²) in [6.45, 7) is 14.5. The first-order valence-electron chi connectivity index (χ1n) is 16.4. The number of likely N-dealkylation sites (tertiary alicyclic amines) is 1. The van der Waals surface area contributed by atoms with E-state index in [4.69, 9.17) is 14.2 Å². The maximum Gasteiger partial charge on any atom is 0.410 e. The summed E-state index contributed by atoms with van der Waals surface area (Å²) in [5.74, 6) is 0.812. The van der Waals surface area contributed by atoms with Crippen LogP contribution < -0.4 is 16.0 Å². The van der Waals surface area contributed by atoms with Gasteiger partial charge in [0.1, 0.15) is 17.8 Å². The fourth-order valence-electron chi connectivity index (χ4n) is 7.14. The van der Waals surface area contributed by atoms with Crippen LogP contribution in [0.4, 0.5) is 14.4 Å². The molecule has 3 N–H and O–H groups in total. The molecule has 2 saturated heterocycles. The number of carbonyl (C=O) groups excluding carboxylic acids is 3. The molecule has 10 nitrogen and oxygen atoms in total. The van der Waals surface area contributed by atoms with Crippen LogP contribution in [0.2, 0.25) is 0 Å². The van der Waals surface area contributed by atoms with Crippen molar-refractivity contribution in [1.29, 1.82) is 0 Å². The summed E-state index contributed by atoms with van der Waals surface area (Å²) < 4.78 is 16.3. The van der Waals surface area contributed by atoms with Crippen LogP contribution in [0.3, 0.4) is 0 Å². The lowest BCUT2D eigenvalue weighted by Crippen LogP contribution is -2.56. The van der Waals surface area contributed by atoms with E-state index >= 15 is 0 Å². The van der Waals surface area contributed by atoms with Crippen LogP contribution in [0.25, 0.3) is 0 Å². The first-order valence-corrected chi connectivity index (χ1v) is 16.4. The minimum Gasteiger partial charge on any atom is -0.445 e. The van der Waals surface area contributed by atoms with E-state index in [0.717, 1.165) is 50.8 Å². The highest BCUT2D eigenvalue weighted by molar-refractivity contribution is 5.71. The number of ether oxygens (including phenoxy) is 3. The largest absolute Gasteiger partial charge is 0.445 e. The monoisotopic (exact) mass is 614 g/mol. The number of alkyl carbamates (subject to hydrolysis) is 2. The molecule has 3 amide bonds. The molecule has 4 atom stereocenters. The zero-order chi connectivity index (χ0) is 32.0. The minimum atomic E-state index is -0.544. The standard InChI is InChI=1S/C21H30N2O4.C13H24N2O2/c1-20(2,3)27-18(24)22-21-12-8-7-11-17(21)13-23(15-21)19(25)26-14-16-9-5-4-6-10-16;1-12(2,3)17-11(16)15-13-7-5-4-6-10(13)8-14-9-13/h4-6,9-10,17H,7-8,11-15H2,1-3H3,(H,22,24);10,14H,4-9H2,1-3H3,(H,15,16). The number of nitrogens with one attached hydrogen (secondary N) is 3. The molecule has 10 heteroatoms. The van der Waals surface area contributed by atoms with Gasteiger partial charge < -0.3 is 35.1 Å². The fraction of sp³-hybridized carbons (Fsp3) is 0.735. The average Bonchev–Trinajstić information content (AvgIpc) is 3.52. The van der Waals surface area contributed by atoms with Gasteiger partial charge in [-0.3, -0.25) is 0 Å². The van der Waals surface area contributed by atoms with Crippen LogP contribution in [-0.4, -0.2) is 71.6 Å². The van der Waals surface area contributed by atoms with E-state index in [2.05, 4.69) is 16.0 Å². The van der Waals surface area contributed by atoms with E-state index in [0.29, 0.717) is 19.0 Å². The summed E-state index contributed by atoms with van der Waals surface area (Å²) in [7, 11) is 0. The molecule has 4 unspecified atom stereocenters. The summed E-state index contributed by atoms with van der Waals surface area (Å²) in [5, 5.41) is 9.63. The number of hydrogen-bond donors (Lipinski definition) is 3. The van der Waals surface area contributed by atoms with Gasteiger partial charge in [-0.2, -0.15) is 0 Å². The highest BCUT2D eigenvalue weighted by Gasteiger charge is 2.51. The number of hydrogen-bond acceptors (Lipinski definition) is 7. The molecular weight excluding hydrogens is 560 g/mol. The number of amides is 3. The smallest absolute Gasteiger partial charge is 0.410 e.